The van der Waals surface area contributed by atoms with E-state index < -0.39 is 10.7 Å². The second-order valence-corrected chi connectivity index (χ2v) is 8.20. The number of carbonyl (C=O) groups is 1. The van der Waals surface area contributed by atoms with Crippen LogP contribution in [0.1, 0.15) is 38.2 Å². The lowest BCUT2D eigenvalue weighted by atomic mass is 9.67. The van der Waals surface area contributed by atoms with Crippen LogP contribution in [-0.4, -0.2) is 5.24 Å². The molecule has 0 saturated carbocycles. The molecule has 0 aliphatic heterocycles. The van der Waals surface area contributed by atoms with Crippen LogP contribution in [0.2, 0.25) is 0 Å². The Morgan fingerprint density at radius 3 is 1.68 bits per heavy atom. The number of fused-ring (bicyclic) bond motifs is 3. The zero-order valence-electron chi connectivity index (χ0n) is 16.5. The molecule has 0 N–H and O–H groups in total. The van der Waals surface area contributed by atoms with E-state index >= 15 is 0 Å². The second kappa shape index (κ2) is 7.97. The fraction of sp³-hybridized carbons (Fsp3) is 0.0741. The molecule has 0 amide bonds. The Labute approximate surface area is 191 Å². The summed E-state index contributed by atoms with van der Waals surface area (Å²) in [5, 5.41) is -0.460. The van der Waals surface area contributed by atoms with Crippen LogP contribution in [0.5, 0.6) is 0 Å². The second-order valence-electron chi connectivity index (χ2n) is 7.64. The summed E-state index contributed by atoms with van der Waals surface area (Å²) in [6.07, 6.45) is 0. The van der Waals surface area contributed by atoms with Gasteiger partial charge in [0.25, 0.3) is 5.24 Å². The predicted molar refractivity (Wildman–Crippen MR) is 125 cm³/mol. The van der Waals surface area contributed by atoms with Gasteiger partial charge in [-0.3, -0.25) is 9.08 Å². The molecule has 0 fully saturated rings. The molecule has 0 atom stereocenters. The van der Waals surface area contributed by atoms with Gasteiger partial charge in [0, 0.05) is 5.56 Å². The lowest BCUT2D eigenvalue weighted by molar-refractivity contribution is 0.108. The topological polar surface area (TPSA) is 26.3 Å². The molecular weight excluding hydrogens is 427 g/mol. The van der Waals surface area contributed by atoms with Crippen LogP contribution in [0.3, 0.4) is 0 Å². The first kappa shape index (κ1) is 20.0. The molecule has 4 aromatic carbocycles. The summed E-state index contributed by atoms with van der Waals surface area (Å²) in [4.78, 5) is 11.7. The molecular formula is C27H18Cl2O2. The number of halogens is 2. The zero-order chi connectivity index (χ0) is 21.4. The van der Waals surface area contributed by atoms with Gasteiger partial charge in [0.2, 0.25) is 0 Å². The summed E-state index contributed by atoms with van der Waals surface area (Å²) in [5.74, 6) is 0. The van der Waals surface area contributed by atoms with Gasteiger partial charge in [-0.05, 0) is 62.7 Å². The van der Waals surface area contributed by atoms with Crippen LogP contribution < -0.4 is 0 Å². The van der Waals surface area contributed by atoms with Crippen molar-refractivity contribution in [2.75, 3.05) is 0 Å². The Hall–Kier alpha value is -2.91. The normalized spacial score (nSPS) is 13.5. The van der Waals surface area contributed by atoms with E-state index in [4.69, 9.17) is 27.8 Å². The number of rotatable bonds is 5. The third kappa shape index (κ3) is 3.11. The Morgan fingerprint density at radius 1 is 0.710 bits per heavy atom. The predicted octanol–water partition coefficient (Wildman–Crippen LogP) is 7.10. The monoisotopic (exact) mass is 444 g/mol. The minimum Gasteiger partial charge on any atom is -0.276 e. The highest BCUT2D eigenvalue weighted by Crippen LogP contribution is 2.55. The minimum atomic E-state index is -0.512. The quantitative estimate of drug-likeness (QED) is 0.270. The Kier molecular flexibility index (Phi) is 5.15. The molecule has 4 aromatic rings. The highest BCUT2D eigenvalue weighted by atomic mass is 35.5. The van der Waals surface area contributed by atoms with Crippen molar-refractivity contribution < 1.29 is 9.08 Å². The fourth-order valence-electron chi connectivity index (χ4n) is 4.79. The van der Waals surface area contributed by atoms with E-state index in [0.29, 0.717) is 12.2 Å². The average Bonchev–Trinajstić information content (AvgIpc) is 3.11. The molecule has 0 aromatic heterocycles. The molecule has 0 radical (unpaired) electrons. The molecule has 1 aliphatic carbocycles. The molecule has 5 rings (SSSR count). The van der Waals surface area contributed by atoms with Crippen molar-refractivity contribution in [2.45, 2.75) is 12.0 Å². The number of benzene rings is 4. The van der Waals surface area contributed by atoms with Crippen molar-refractivity contribution in [3.63, 3.8) is 0 Å². The zero-order valence-corrected chi connectivity index (χ0v) is 18.0. The number of carbonyl (C=O) groups excluding carboxylic acids is 1. The van der Waals surface area contributed by atoms with E-state index in [9.17, 15) is 4.79 Å². The van der Waals surface area contributed by atoms with E-state index in [2.05, 4.69) is 60.7 Å². The van der Waals surface area contributed by atoms with E-state index in [0.717, 1.165) is 16.7 Å². The third-order valence-corrected chi connectivity index (χ3v) is 6.43. The van der Waals surface area contributed by atoms with Crippen molar-refractivity contribution in [3.8, 4) is 11.1 Å². The SMILES string of the molecule is O=C(Cl)c1ccc(C2(c3ccc(COCl)cc3)c3ccccc3-c3ccccc32)cc1. The van der Waals surface area contributed by atoms with Crippen LogP contribution in [0.15, 0.2) is 97.1 Å². The molecule has 0 saturated heterocycles. The molecule has 31 heavy (non-hydrogen) atoms. The van der Waals surface area contributed by atoms with Crippen molar-refractivity contribution >= 4 is 28.7 Å². The molecule has 152 valence electrons. The lowest BCUT2D eigenvalue weighted by Gasteiger charge is -2.34. The summed E-state index contributed by atoms with van der Waals surface area (Å²) in [6.45, 7) is 0.342. The van der Waals surface area contributed by atoms with Crippen LogP contribution in [0.25, 0.3) is 11.1 Å². The molecule has 0 heterocycles. The summed E-state index contributed by atoms with van der Waals surface area (Å²) < 4.78 is 4.78. The Bertz CT molecular complexity index is 1220. The Balaban J connectivity index is 1.83. The Morgan fingerprint density at radius 2 is 1.19 bits per heavy atom. The molecule has 1 aliphatic rings. The molecule has 4 heteroatoms. The van der Waals surface area contributed by atoms with Crippen LogP contribution >= 0.6 is 23.5 Å². The van der Waals surface area contributed by atoms with Gasteiger partial charge < -0.3 is 0 Å². The van der Waals surface area contributed by atoms with Crippen LogP contribution in [0.4, 0.5) is 0 Å². The first-order valence-electron chi connectivity index (χ1n) is 9.99. The van der Waals surface area contributed by atoms with Gasteiger partial charge in [0.05, 0.1) is 23.9 Å². The molecule has 2 nitrogen and oxygen atoms in total. The lowest BCUT2D eigenvalue weighted by Crippen LogP contribution is -2.28. The highest BCUT2D eigenvalue weighted by molar-refractivity contribution is 6.67. The smallest absolute Gasteiger partial charge is 0.252 e. The maximum atomic E-state index is 11.7. The largest absolute Gasteiger partial charge is 0.276 e. The first-order chi connectivity index (χ1) is 15.2. The van der Waals surface area contributed by atoms with E-state index in [-0.39, 0.29) is 0 Å². The van der Waals surface area contributed by atoms with Crippen molar-refractivity contribution in [1.82, 2.24) is 0 Å². The fourth-order valence-corrected chi connectivity index (χ4v) is 5.04. The summed E-state index contributed by atoms with van der Waals surface area (Å²) in [6, 6.07) is 32.9. The molecule has 0 bridgehead atoms. The van der Waals surface area contributed by atoms with Crippen LogP contribution in [0, 0.1) is 0 Å². The van der Waals surface area contributed by atoms with Crippen molar-refractivity contribution in [1.29, 1.82) is 0 Å². The highest BCUT2D eigenvalue weighted by Gasteiger charge is 2.45. The van der Waals surface area contributed by atoms with Gasteiger partial charge >= 0.3 is 0 Å². The van der Waals surface area contributed by atoms with Crippen molar-refractivity contribution in [3.05, 3.63) is 130 Å². The summed E-state index contributed by atoms with van der Waals surface area (Å²) in [7, 11) is 0. The van der Waals surface area contributed by atoms with Gasteiger partial charge in [-0.25, -0.2) is 0 Å². The first-order valence-corrected chi connectivity index (χ1v) is 10.7. The molecule has 0 unspecified atom stereocenters. The average molecular weight is 445 g/mol. The van der Waals surface area contributed by atoms with Crippen molar-refractivity contribution in [2.24, 2.45) is 0 Å². The standard InChI is InChI=1S/C27H18Cl2O2/c28-26(30)19-11-15-21(16-12-19)27(20-13-9-18(10-14-20)17-31-29)24-7-3-1-5-22(24)23-6-2-4-8-25(23)27/h1-16H,17H2. The maximum absolute atomic E-state index is 11.7. The van der Waals surface area contributed by atoms with Gasteiger partial charge in [-0.2, -0.15) is 0 Å². The van der Waals surface area contributed by atoms with Gasteiger partial charge in [0.1, 0.15) is 0 Å². The van der Waals surface area contributed by atoms with E-state index in [1.54, 1.807) is 12.1 Å². The van der Waals surface area contributed by atoms with Gasteiger partial charge in [-0.15, -0.1) is 0 Å². The van der Waals surface area contributed by atoms with E-state index in [1.807, 2.05) is 24.3 Å². The third-order valence-electron chi connectivity index (χ3n) is 6.11. The van der Waals surface area contributed by atoms with E-state index in [1.165, 1.54) is 22.3 Å². The maximum Gasteiger partial charge on any atom is 0.252 e. The van der Waals surface area contributed by atoms with Crippen LogP contribution in [-0.2, 0) is 16.3 Å². The summed E-state index contributed by atoms with van der Waals surface area (Å²) >= 11 is 11.2. The molecule has 0 spiro atoms. The van der Waals surface area contributed by atoms with Gasteiger partial charge in [-0.1, -0.05) is 84.9 Å². The summed E-state index contributed by atoms with van der Waals surface area (Å²) in [5.41, 5.74) is 8.02. The number of hydrogen-bond donors (Lipinski definition) is 0. The number of hydrogen-bond acceptors (Lipinski definition) is 2. The van der Waals surface area contributed by atoms with Gasteiger partial charge in [0.15, 0.2) is 0 Å². The minimum absolute atomic E-state index is 0.342.